The number of carbonyl (C=O) groups excluding carboxylic acids is 1. The third-order valence-electron chi connectivity index (χ3n) is 5.38. The molecule has 4 rings (SSSR count). The number of benzene rings is 1. The van der Waals surface area contributed by atoms with E-state index in [1.807, 2.05) is 12.1 Å². The van der Waals surface area contributed by atoms with Crippen LogP contribution in [0.15, 0.2) is 43.0 Å². The number of nitrogens with one attached hydrogen (secondary N) is 1. The Morgan fingerprint density at radius 3 is 2.53 bits per heavy atom. The number of fused-ring (bicyclic) bond motifs is 1. The smallest absolute Gasteiger partial charge is 0.349 e. The van der Waals surface area contributed by atoms with Gasteiger partial charge in [0.2, 0.25) is 0 Å². The van der Waals surface area contributed by atoms with Crippen molar-refractivity contribution in [3.05, 3.63) is 48.5 Å². The van der Waals surface area contributed by atoms with Gasteiger partial charge < -0.3 is 10.1 Å². The molecule has 1 saturated heterocycles. The standard InChI is InChI=1S/C23H23FN7O6P/c24-18-12-17(13-36-38(33,34-10-4-8-25)35-11-5-9-26)37-23(18)31-15-29-19-20(27-14-28-21(19)31)30-22(32)16-6-2-1-3-7-16/h1-3,6-7,14-15,17-18,23H,4-5,10-13H2,(H,27,28,30,32)/t17-,18-,23-/m1/s1. The average molecular weight is 543 g/mol. The molecule has 1 aliphatic heterocycles. The molecule has 3 aromatic rings. The Morgan fingerprint density at radius 1 is 1.13 bits per heavy atom. The quantitative estimate of drug-likeness (QED) is 0.260. The molecule has 0 bridgehead atoms. The summed E-state index contributed by atoms with van der Waals surface area (Å²) in [6.45, 7) is -0.735. The van der Waals surface area contributed by atoms with Crippen LogP contribution in [0.4, 0.5) is 10.2 Å². The number of hydrogen-bond donors (Lipinski definition) is 1. The van der Waals surface area contributed by atoms with Crippen LogP contribution >= 0.6 is 7.82 Å². The molecule has 1 aromatic carbocycles. The number of aromatic nitrogens is 4. The normalized spacial score (nSPS) is 19.2. The van der Waals surface area contributed by atoms with Crippen LogP contribution in [0, 0.1) is 22.7 Å². The van der Waals surface area contributed by atoms with Crippen molar-refractivity contribution < 1.29 is 32.1 Å². The van der Waals surface area contributed by atoms with Crippen molar-refractivity contribution in [1.82, 2.24) is 19.5 Å². The number of hydrogen-bond acceptors (Lipinski definition) is 11. The Kier molecular flexibility index (Phi) is 9.07. The van der Waals surface area contributed by atoms with Gasteiger partial charge in [-0.1, -0.05) is 18.2 Å². The number of phosphoric acid groups is 1. The van der Waals surface area contributed by atoms with Gasteiger partial charge in [-0.05, 0) is 12.1 Å². The first-order chi connectivity index (χ1) is 18.4. The number of carbonyl (C=O) groups is 1. The number of amides is 1. The van der Waals surface area contributed by atoms with Gasteiger partial charge in [0.1, 0.15) is 12.5 Å². The maximum atomic E-state index is 15.0. The van der Waals surface area contributed by atoms with Crippen molar-refractivity contribution in [1.29, 1.82) is 10.5 Å². The lowest BCUT2D eigenvalue weighted by molar-refractivity contribution is -0.0372. The molecular formula is C23H23FN7O6P. The van der Waals surface area contributed by atoms with Crippen molar-refractivity contribution in [3.63, 3.8) is 0 Å². The van der Waals surface area contributed by atoms with E-state index in [4.69, 9.17) is 28.8 Å². The fourth-order valence-corrected chi connectivity index (χ4v) is 4.85. The van der Waals surface area contributed by atoms with Gasteiger partial charge in [-0.2, -0.15) is 10.5 Å². The number of anilines is 1. The summed E-state index contributed by atoms with van der Waals surface area (Å²) in [5, 5.41) is 20.0. The maximum Gasteiger partial charge on any atom is 0.474 e. The SMILES string of the molecule is N#CCCOP(=O)(OCCC#N)OC[C@H]1C[C@@H](F)[C@H](n2cnc3c(NC(=O)c4ccccc4)ncnc32)O1. The van der Waals surface area contributed by atoms with Crippen LogP contribution in [0.3, 0.4) is 0 Å². The van der Waals surface area contributed by atoms with E-state index < -0.39 is 32.2 Å². The molecule has 3 atom stereocenters. The highest BCUT2D eigenvalue weighted by molar-refractivity contribution is 7.48. The molecule has 0 radical (unpaired) electrons. The molecule has 0 spiro atoms. The molecule has 13 nitrogen and oxygen atoms in total. The number of phosphoric ester groups is 1. The van der Waals surface area contributed by atoms with Crippen LogP contribution in [0.25, 0.3) is 11.2 Å². The summed E-state index contributed by atoms with van der Waals surface area (Å²) in [6, 6.07) is 12.2. The minimum atomic E-state index is -4.10. The topological polar surface area (TPSA) is 174 Å². The molecular weight excluding hydrogens is 520 g/mol. The number of alkyl halides is 1. The molecule has 1 fully saturated rings. The van der Waals surface area contributed by atoms with Gasteiger partial charge in [0.15, 0.2) is 23.2 Å². The molecule has 15 heteroatoms. The average Bonchev–Trinajstić information content (AvgIpc) is 3.52. The highest BCUT2D eigenvalue weighted by atomic mass is 31.2. The summed E-state index contributed by atoms with van der Waals surface area (Å²) in [6.07, 6.45) is -1.07. The second kappa shape index (κ2) is 12.6. The van der Waals surface area contributed by atoms with E-state index in [1.54, 1.807) is 30.3 Å². The van der Waals surface area contributed by atoms with Crippen LogP contribution < -0.4 is 5.32 Å². The summed E-state index contributed by atoms with van der Waals surface area (Å²) >= 11 is 0. The number of nitrogens with zero attached hydrogens (tertiary/aromatic N) is 6. The third kappa shape index (κ3) is 6.55. The van der Waals surface area contributed by atoms with Crippen molar-refractivity contribution in [2.24, 2.45) is 0 Å². The predicted molar refractivity (Wildman–Crippen MR) is 129 cm³/mol. The highest BCUT2D eigenvalue weighted by Gasteiger charge is 2.40. The lowest BCUT2D eigenvalue weighted by Gasteiger charge is -2.19. The Balaban J connectivity index is 1.43. The number of halogens is 1. The van der Waals surface area contributed by atoms with Gasteiger partial charge in [-0.15, -0.1) is 0 Å². The molecule has 0 aliphatic carbocycles. The van der Waals surface area contributed by atoms with E-state index in [1.165, 1.54) is 17.2 Å². The van der Waals surface area contributed by atoms with E-state index in [-0.39, 0.29) is 56.1 Å². The van der Waals surface area contributed by atoms with Gasteiger partial charge in [0.25, 0.3) is 5.91 Å². The molecule has 198 valence electrons. The summed E-state index contributed by atoms with van der Waals surface area (Å²) < 4.78 is 50.5. The molecule has 0 unspecified atom stereocenters. The predicted octanol–water partition coefficient (Wildman–Crippen LogP) is 3.69. The van der Waals surface area contributed by atoms with Crippen molar-refractivity contribution in [2.75, 3.05) is 25.1 Å². The van der Waals surface area contributed by atoms with Gasteiger partial charge in [-0.3, -0.25) is 22.9 Å². The van der Waals surface area contributed by atoms with Gasteiger partial charge in [0, 0.05) is 12.0 Å². The highest BCUT2D eigenvalue weighted by Crippen LogP contribution is 2.50. The molecule has 1 amide bonds. The first kappa shape index (κ1) is 27.3. The number of imidazole rings is 1. The van der Waals surface area contributed by atoms with E-state index in [0.717, 1.165) is 0 Å². The van der Waals surface area contributed by atoms with Gasteiger partial charge in [0.05, 0.1) is 57.2 Å². The summed E-state index contributed by atoms with van der Waals surface area (Å²) in [5.41, 5.74) is 0.909. The Hall–Kier alpha value is -3.78. The lowest BCUT2D eigenvalue weighted by Crippen LogP contribution is -2.18. The number of rotatable bonds is 12. The zero-order valence-corrected chi connectivity index (χ0v) is 20.9. The van der Waals surface area contributed by atoms with Gasteiger partial charge >= 0.3 is 7.82 Å². The first-order valence-corrected chi connectivity index (χ1v) is 13.0. The van der Waals surface area contributed by atoms with Crippen molar-refractivity contribution in [3.8, 4) is 12.1 Å². The van der Waals surface area contributed by atoms with E-state index in [2.05, 4.69) is 20.3 Å². The lowest BCUT2D eigenvalue weighted by atomic mass is 10.2. The first-order valence-electron chi connectivity index (χ1n) is 11.5. The minimum Gasteiger partial charge on any atom is -0.349 e. The van der Waals surface area contributed by atoms with Crippen LogP contribution in [0.2, 0.25) is 0 Å². The van der Waals surface area contributed by atoms with Crippen LogP contribution in [-0.2, 0) is 22.9 Å². The van der Waals surface area contributed by atoms with E-state index in [9.17, 15) is 9.36 Å². The fourth-order valence-electron chi connectivity index (χ4n) is 3.64. The molecule has 2 aromatic heterocycles. The van der Waals surface area contributed by atoms with Crippen LogP contribution in [0.5, 0.6) is 0 Å². The monoisotopic (exact) mass is 543 g/mol. The van der Waals surface area contributed by atoms with Crippen molar-refractivity contribution in [2.45, 2.75) is 37.8 Å². The largest absolute Gasteiger partial charge is 0.474 e. The van der Waals surface area contributed by atoms with Crippen LogP contribution in [0.1, 0.15) is 35.8 Å². The minimum absolute atomic E-state index is 0.0487. The number of ether oxygens (including phenoxy) is 1. The fraction of sp³-hybridized carbons (Fsp3) is 0.391. The second-order valence-electron chi connectivity index (χ2n) is 7.99. The zero-order valence-electron chi connectivity index (χ0n) is 20.0. The van der Waals surface area contributed by atoms with E-state index in [0.29, 0.717) is 5.56 Å². The van der Waals surface area contributed by atoms with E-state index >= 15 is 4.39 Å². The maximum absolute atomic E-state index is 15.0. The molecule has 1 N–H and O–H groups in total. The van der Waals surface area contributed by atoms with Crippen LogP contribution in [-0.4, -0.2) is 57.5 Å². The summed E-state index contributed by atoms with van der Waals surface area (Å²) in [7, 11) is -4.10. The molecule has 1 aliphatic rings. The summed E-state index contributed by atoms with van der Waals surface area (Å²) in [5.74, 6) is -0.239. The zero-order chi connectivity index (χ0) is 27.0. The Bertz CT molecular complexity index is 1370. The molecule has 38 heavy (non-hydrogen) atoms. The van der Waals surface area contributed by atoms with Crippen molar-refractivity contribution >= 4 is 30.7 Å². The number of nitriles is 2. The Morgan fingerprint density at radius 2 is 1.84 bits per heavy atom. The second-order valence-corrected chi connectivity index (χ2v) is 9.66. The third-order valence-corrected chi connectivity index (χ3v) is 6.84. The summed E-state index contributed by atoms with van der Waals surface area (Å²) in [4.78, 5) is 25.1. The van der Waals surface area contributed by atoms with Gasteiger partial charge in [-0.25, -0.2) is 23.9 Å². The molecule has 0 saturated carbocycles. The molecule has 3 heterocycles. The Labute approximate surface area is 216 Å².